The van der Waals surface area contributed by atoms with Gasteiger partial charge in [-0.15, -0.1) is 10.2 Å². The summed E-state index contributed by atoms with van der Waals surface area (Å²) in [4.78, 5) is 42.6. The molecule has 2 aromatic carbocycles. The van der Waals surface area contributed by atoms with E-state index in [-0.39, 0.29) is 28.8 Å². The number of fused-ring (bicyclic) bond motifs is 2. The zero-order valence-corrected chi connectivity index (χ0v) is 18.3. The molecular weight excluding hydrogens is 438 g/mol. The molecule has 1 aliphatic rings. The molecule has 5 rings (SSSR count). The van der Waals surface area contributed by atoms with E-state index in [1.807, 2.05) is 19.2 Å². The van der Waals surface area contributed by atoms with E-state index < -0.39 is 0 Å². The molecule has 0 aliphatic heterocycles. The van der Waals surface area contributed by atoms with E-state index in [0.29, 0.717) is 33.4 Å². The van der Waals surface area contributed by atoms with Crippen molar-refractivity contribution in [2.75, 3.05) is 11.1 Å². The Morgan fingerprint density at radius 1 is 0.909 bits per heavy atom. The number of benzene rings is 2. The van der Waals surface area contributed by atoms with Gasteiger partial charge in [0.2, 0.25) is 5.91 Å². The lowest BCUT2D eigenvalue weighted by Crippen LogP contribution is -2.24. The van der Waals surface area contributed by atoms with E-state index in [4.69, 9.17) is 0 Å². The highest BCUT2D eigenvalue weighted by molar-refractivity contribution is 7.99. The van der Waals surface area contributed by atoms with E-state index in [1.165, 1.54) is 11.8 Å². The van der Waals surface area contributed by atoms with E-state index in [1.54, 1.807) is 59.4 Å². The Bertz CT molecular complexity index is 1410. The molecule has 0 saturated carbocycles. The van der Waals surface area contributed by atoms with Gasteiger partial charge >= 0.3 is 0 Å². The lowest BCUT2D eigenvalue weighted by Gasteiger charge is -2.20. The third-order valence-corrected chi connectivity index (χ3v) is 6.35. The summed E-state index contributed by atoms with van der Waals surface area (Å²) in [5.74, 6) is -0.0985. The normalized spacial score (nSPS) is 12.3. The van der Waals surface area contributed by atoms with Crippen LogP contribution < -0.4 is 5.32 Å². The molecular formula is C24H17N5O3S. The first-order valence-electron chi connectivity index (χ1n) is 10.1. The Balaban J connectivity index is 1.34. The van der Waals surface area contributed by atoms with Crippen molar-refractivity contribution in [3.05, 3.63) is 89.2 Å². The molecule has 0 atom stereocenters. The molecule has 1 amide bonds. The van der Waals surface area contributed by atoms with Gasteiger partial charge in [0.15, 0.2) is 22.5 Å². The summed E-state index contributed by atoms with van der Waals surface area (Å²) in [6.07, 6.45) is 3.35. The van der Waals surface area contributed by atoms with Gasteiger partial charge < -0.3 is 9.88 Å². The fraction of sp³-hybridized carbons (Fsp3) is 0.0833. The van der Waals surface area contributed by atoms with Crippen molar-refractivity contribution in [3.63, 3.8) is 0 Å². The van der Waals surface area contributed by atoms with Crippen LogP contribution in [0.1, 0.15) is 31.8 Å². The Morgan fingerprint density at radius 3 is 2.36 bits per heavy atom. The molecule has 2 aromatic heterocycles. The maximum atomic E-state index is 13.1. The number of amides is 1. The summed E-state index contributed by atoms with van der Waals surface area (Å²) in [5.41, 5.74) is 2.42. The predicted molar refractivity (Wildman–Crippen MR) is 123 cm³/mol. The van der Waals surface area contributed by atoms with E-state index in [0.717, 1.165) is 5.56 Å². The molecule has 0 saturated heterocycles. The topological polar surface area (TPSA) is 107 Å². The number of thioether (sulfide) groups is 1. The van der Waals surface area contributed by atoms with Gasteiger partial charge in [0, 0.05) is 41.7 Å². The number of pyridine rings is 1. The van der Waals surface area contributed by atoms with Gasteiger partial charge in [-0.2, -0.15) is 0 Å². The van der Waals surface area contributed by atoms with Crippen molar-refractivity contribution < 1.29 is 14.4 Å². The second kappa shape index (κ2) is 8.44. The zero-order chi connectivity index (χ0) is 22.9. The van der Waals surface area contributed by atoms with Gasteiger partial charge in [-0.05, 0) is 18.2 Å². The molecule has 0 unspecified atom stereocenters. The van der Waals surface area contributed by atoms with E-state index in [2.05, 4.69) is 20.5 Å². The molecule has 0 bridgehead atoms. The van der Waals surface area contributed by atoms with Crippen molar-refractivity contribution >= 4 is 34.9 Å². The van der Waals surface area contributed by atoms with Crippen molar-refractivity contribution in [1.29, 1.82) is 0 Å². The van der Waals surface area contributed by atoms with Gasteiger partial charge in [-0.25, -0.2) is 0 Å². The highest BCUT2D eigenvalue weighted by Gasteiger charge is 2.31. The lowest BCUT2D eigenvalue weighted by molar-refractivity contribution is -0.113. The summed E-state index contributed by atoms with van der Waals surface area (Å²) in [5, 5.41) is 11.7. The van der Waals surface area contributed by atoms with Crippen molar-refractivity contribution in [2.24, 2.45) is 7.05 Å². The molecule has 2 heterocycles. The van der Waals surface area contributed by atoms with Crippen LogP contribution in [-0.4, -0.2) is 43.0 Å². The summed E-state index contributed by atoms with van der Waals surface area (Å²) < 4.78 is 1.80. The number of carbonyl (C=O) groups is 3. The maximum absolute atomic E-state index is 13.1. The number of carbonyl (C=O) groups excluding carboxylic acids is 3. The smallest absolute Gasteiger partial charge is 0.234 e. The minimum Gasteiger partial charge on any atom is -0.325 e. The second-order valence-corrected chi connectivity index (χ2v) is 8.31. The number of anilines is 1. The monoisotopic (exact) mass is 455 g/mol. The fourth-order valence-corrected chi connectivity index (χ4v) is 4.47. The number of hydrogen-bond donors (Lipinski definition) is 1. The van der Waals surface area contributed by atoms with Gasteiger partial charge in [0.05, 0.1) is 17.0 Å². The molecule has 9 heteroatoms. The number of ketones is 2. The summed E-state index contributed by atoms with van der Waals surface area (Å²) in [7, 11) is 1.82. The number of hydrogen-bond acceptors (Lipinski definition) is 7. The van der Waals surface area contributed by atoms with Crippen LogP contribution in [0.2, 0.25) is 0 Å². The van der Waals surface area contributed by atoms with Gasteiger partial charge in [-0.3, -0.25) is 19.4 Å². The van der Waals surface area contributed by atoms with Crippen LogP contribution in [0.15, 0.2) is 72.1 Å². The largest absolute Gasteiger partial charge is 0.325 e. The highest BCUT2D eigenvalue weighted by Crippen LogP contribution is 2.32. The van der Waals surface area contributed by atoms with Crippen LogP contribution in [0.5, 0.6) is 0 Å². The van der Waals surface area contributed by atoms with Crippen LogP contribution >= 0.6 is 11.8 Å². The molecule has 1 N–H and O–H groups in total. The van der Waals surface area contributed by atoms with Crippen molar-refractivity contribution in [1.82, 2.24) is 19.7 Å². The van der Waals surface area contributed by atoms with Crippen LogP contribution in [0.3, 0.4) is 0 Å². The van der Waals surface area contributed by atoms with Gasteiger partial charge in [0.25, 0.3) is 0 Å². The molecule has 4 aromatic rings. The van der Waals surface area contributed by atoms with Crippen molar-refractivity contribution in [2.45, 2.75) is 5.16 Å². The maximum Gasteiger partial charge on any atom is 0.234 e. The average molecular weight is 455 g/mol. The van der Waals surface area contributed by atoms with Crippen LogP contribution in [0.4, 0.5) is 5.69 Å². The van der Waals surface area contributed by atoms with E-state index in [9.17, 15) is 14.4 Å². The zero-order valence-electron chi connectivity index (χ0n) is 17.5. The first-order valence-corrected chi connectivity index (χ1v) is 11.1. The standard InChI is InChI=1S/C24H17N5O3S/c1-29-23(14-9-11-25-12-10-14)27-28-24(29)33-13-19(30)26-18-8-4-7-17-20(18)22(32)16-6-3-2-5-15(16)21(17)31/h2-12H,13H2,1H3,(H,26,30). The molecule has 33 heavy (non-hydrogen) atoms. The second-order valence-electron chi connectivity index (χ2n) is 7.37. The number of nitrogens with zero attached hydrogens (tertiary/aromatic N) is 4. The highest BCUT2D eigenvalue weighted by atomic mass is 32.2. The summed E-state index contributed by atoms with van der Waals surface area (Å²) >= 11 is 1.23. The number of rotatable bonds is 5. The first-order chi connectivity index (χ1) is 16.0. The molecule has 0 spiro atoms. The van der Waals surface area contributed by atoms with Crippen LogP contribution in [-0.2, 0) is 11.8 Å². The Hall–Kier alpha value is -4.11. The quantitative estimate of drug-likeness (QED) is 0.405. The third-order valence-electron chi connectivity index (χ3n) is 5.33. The lowest BCUT2D eigenvalue weighted by atomic mass is 9.83. The van der Waals surface area contributed by atoms with E-state index >= 15 is 0 Å². The van der Waals surface area contributed by atoms with Crippen LogP contribution in [0, 0.1) is 0 Å². The van der Waals surface area contributed by atoms with Crippen molar-refractivity contribution in [3.8, 4) is 11.4 Å². The van der Waals surface area contributed by atoms with Gasteiger partial charge in [0.1, 0.15) is 0 Å². The van der Waals surface area contributed by atoms with Crippen LogP contribution in [0.25, 0.3) is 11.4 Å². The van der Waals surface area contributed by atoms with Gasteiger partial charge in [-0.1, -0.05) is 48.2 Å². The Labute approximate surface area is 193 Å². The molecule has 0 fully saturated rings. The summed E-state index contributed by atoms with van der Waals surface area (Å²) in [6.45, 7) is 0. The summed E-state index contributed by atoms with van der Waals surface area (Å²) in [6, 6.07) is 15.3. The minimum absolute atomic E-state index is 0.0602. The predicted octanol–water partition coefficient (Wildman–Crippen LogP) is 3.38. The Kier molecular flexibility index (Phi) is 5.31. The third kappa shape index (κ3) is 3.72. The Morgan fingerprint density at radius 2 is 1.61 bits per heavy atom. The SMILES string of the molecule is Cn1c(SCC(=O)Nc2cccc3c2C(=O)c2ccccc2C3=O)nnc1-c1ccncc1. The molecule has 162 valence electrons. The molecule has 8 nitrogen and oxygen atoms in total. The molecule has 1 aliphatic carbocycles. The average Bonchev–Trinajstić information content (AvgIpc) is 3.22. The molecule has 0 radical (unpaired) electrons. The first kappa shape index (κ1) is 20.8. The number of nitrogens with one attached hydrogen (secondary N) is 1. The number of aromatic nitrogens is 4. The fourth-order valence-electron chi connectivity index (χ4n) is 3.76. The minimum atomic E-state index is -0.319.